The van der Waals surface area contributed by atoms with E-state index in [1.165, 1.54) is 19.3 Å². The first-order valence-corrected chi connectivity index (χ1v) is 6.43. The van der Waals surface area contributed by atoms with Crippen molar-refractivity contribution >= 4 is 22.7 Å². The van der Waals surface area contributed by atoms with Crippen molar-refractivity contribution in [3.8, 4) is 0 Å². The van der Waals surface area contributed by atoms with Crippen LogP contribution in [-0.2, 0) is 0 Å². The summed E-state index contributed by atoms with van der Waals surface area (Å²) in [6.45, 7) is 2.26. The molecule has 94 valence electrons. The van der Waals surface area contributed by atoms with Gasteiger partial charge in [-0.15, -0.1) is 0 Å². The molecular formula is C14H18N4. The lowest BCUT2D eigenvalue weighted by Crippen LogP contribution is -2.42. The summed E-state index contributed by atoms with van der Waals surface area (Å²) >= 11 is 0. The molecule has 1 aromatic heterocycles. The van der Waals surface area contributed by atoms with Crippen LogP contribution in [0, 0.1) is 0 Å². The molecule has 0 radical (unpaired) electrons. The molecule has 0 atom stereocenters. The highest BCUT2D eigenvalue weighted by atomic mass is 15.2. The molecule has 2 aromatic rings. The SMILES string of the molecule is CNc1nc(NC2(C)CCC2)c2ccccc2n1. The van der Waals surface area contributed by atoms with Gasteiger partial charge in [-0.05, 0) is 38.3 Å². The van der Waals surface area contributed by atoms with Crippen molar-refractivity contribution < 1.29 is 0 Å². The molecule has 3 rings (SSSR count). The lowest BCUT2D eigenvalue weighted by molar-refractivity contribution is 0.306. The molecule has 2 N–H and O–H groups in total. The highest BCUT2D eigenvalue weighted by molar-refractivity contribution is 5.90. The van der Waals surface area contributed by atoms with Crippen molar-refractivity contribution in [1.29, 1.82) is 0 Å². The second-order valence-corrected chi connectivity index (χ2v) is 5.20. The van der Waals surface area contributed by atoms with E-state index < -0.39 is 0 Å². The largest absolute Gasteiger partial charge is 0.364 e. The summed E-state index contributed by atoms with van der Waals surface area (Å²) in [7, 11) is 1.85. The molecule has 0 unspecified atom stereocenters. The van der Waals surface area contributed by atoms with E-state index in [4.69, 9.17) is 0 Å². The third kappa shape index (κ3) is 1.88. The molecule has 1 aromatic carbocycles. The number of fused-ring (bicyclic) bond motifs is 1. The van der Waals surface area contributed by atoms with Gasteiger partial charge in [0.05, 0.1) is 5.52 Å². The van der Waals surface area contributed by atoms with Gasteiger partial charge in [0, 0.05) is 18.0 Å². The molecule has 1 fully saturated rings. The average molecular weight is 242 g/mol. The Morgan fingerprint density at radius 2 is 1.94 bits per heavy atom. The zero-order valence-electron chi connectivity index (χ0n) is 10.8. The monoisotopic (exact) mass is 242 g/mol. The van der Waals surface area contributed by atoms with Gasteiger partial charge in [-0.1, -0.05) is 12.1 Å². The minimum absolute atomic E-state index is 0.197. The Hall–Kier alpha value is -1.84. The molecule has 0 aliphatic heterocycles. The molecule has 18 heavy (non-hydrogen) atoms. The predicted molar refractivity (Wildman–Crippen MR) is 75.0 cm³/mol. The highest BCUT2D eigenvalue weighted by Gasteiger charge is 2.32. The van der Waals surface area contributed by atoms with E-state index in [0.717, 1.165) is 16.7 Å². The minimum Gasteiger partial charge on any atom is -0.364 e. The summed E-state index contributed by atoms with van der Waals surface area (Å²) in [5.74, 6) is 1.60. The lowest BCUT2D eigenvalue weighted by Gasteiger charge is -2.39. The third-order valence-electron chi connectivity index (χ3n) is 3.70. The zero-order chi connectivity index (χ0) is 12.6. The first kappa shape index (κ1) is 11.3. The maximum Gasteiger partial charge on any atom is 0.224 e. The maximum absolute atomic E-state index is 4.55. The predicted octanol–water partition coefficient (Wildman–Crippen LogP) is 3.03. The van der Waals surface area contributed by atoms with Gasteiger partial charge in [0.25, 0.3) is 0 Å². The Kier molecular flexibility index (Phi) is 2.58. The summed E-state index contributed by atoms with van der Waals surface area (Å²) in [6.07, 6.45) is 3.71. The molecule has 1 heterocycles. The standard InChI is InChI=1S/C14H18N4/c1-14(8-5-9-14)18-12-10-6-3-4-7-11(10)16-13(15-2)17-12/h3-4,6-7H,5,8-9H2,1-2H3,(H2,15,16,17,18). The Bertz CT molecular complexity index is 575. The van der Waals surface area contributed by atoms with E-state index in [9.17, 15) is 0 Å². The van der Waals surface area contributed by atoms with Crippen LogP contribution in [0.15, 0.2) is 24.3 Å². The van der Waals surface area contributed by atoms with E-state index in [1.807, 2.05) is 25.2 Å². The number of anilines is 2. The van der Waals surface area contributed by atoms with Crippen LogP contribution in [-0.4, -0.2) is 22.6 Å². The van der Waals surface area contributed by atoms with Gasteiger partial charge in [0.15, 0.2) is 0 Å². The summed E-state index contributed by atoms with van der Waals surface area (Å²) < 4.78 is 0. The van der Waals surface area contributed by atoms with Crippen molar-refractivity contribution in [2.45, 2.75) is 31.7 Å². The van der Waals surface area contributed by atoms with Gasteiger partial charge in [0.2, 0.25) is 5.95 Å². The van der Waals surface area contributed by atoms with Crippen LogP contribution in [0.25, 0.3) is 10.9 Å². The van der Waals surface area contributed by atoms with Crippen LogP contribution in [0.3, 0.4) is 0 Å². The minimum atomic E-state index is 0.197. The first-order chi connectivity index (χ1) is 8.70. The molecular weight excluding hydrogens is 224 g/mol. The maximum atomic E-state index is 4.55. The molecule has 0 spiro atoms. The number of nitrogens with zero attached hydrogens (tertiary/aromatic N) is 2. The van der Waals surface area contributed by atoms with Crippen molar-refractivity contribution in [2.24, 2.45) is 0 Å². The van der Waals surface area contributed by atoms with Gasteiger partial charge in [-0.2, -0.15) is 4.98 Å². The zero-order valence-corrected chi connectivity index (χ0v) is 10.8. The van der Waals surface area contributed by atoms with Gasteiger partial charge in [-0.3, -0.25) is 0 Å². The summed E-state index contributed by atoms with van der Waals surface area (Å²) in [6, 6.07) is 8.12. The van der Waals surface area contributed by atoms with Crippen LogP contribution in [0.2, 0.25) is 0 Å². The van der Waals surface area contributed by atoms with E-state index in [2.05, 4.69) is 33.6 Å². The van der Waals surface area contributed by atoms with E-state index >= 15 is 0 Å². The van der Waals surface area contributed by atoms with Crippen molar-refractivity contribution in [3.63, 3.8) is 0 Å². The van der Waals surface area contributed by atoms with Gasteiger partial charge < -0.3 is 10.6 Å². The number of hydrogen-bond acceptors (Lipinski definition) is 4. The second-order valence-electron chi connectivity index (χ2n) is 5.20. The molecule has 1 saturated carbocycles. The van der Waals surface area contributed by atoms with E-state index in [-0.39, 0.29) is 5.54 Å². The number of benzene rings is 1. The Labute approximate surface area is 107 Å². The molecule has 1 aliphatic rings. The van der Waals surface area contributed by atoms with Gasteiger partial charge in [0.1, 0.15) is 5.82 Å². The number of nitrogens with one attached hydrogen (secondary N) is 2. The second kappa shape index (κ2) is 4.12. The normalized spacial score (nSPS) is 17.2. The summed E-state index contributed by atoms with van der Waals surface area (Å²) in [5, 5.41) is 7.69. The Morgan fingerprint density at radius 3 is 2.61 bits per heavy atom. The van der Waals surface area contributed by atoms with Crippen molar-refractivity contribution in [1.82, 2.24) is 9.97 Å². The molecule has 0 saturated heterocycles. The average Bonchev–Trinajstić information content (AvgIpc) is 2.36. The molecule has 0 amide bonds. The molecule has 4 nitrogen and oxygen atoms in total. The third-order valence-corrected chi connectivity index (χ3v) is 3.70. The number of para-hydroxylation sites is 1. The van der Waals surface area contributed by atoms with Crippen LogP contribution >= 0.6 is 0 Å². The molecule has 1 aliphatic carbocycles. The Balaban J connectivity index is 2.07. The quantitative estimate of drug-likeness (QED) is 0.868. The van der Waals surface area contributed by atoms with Crippen LogP contribution in [0.4, 0.5) is 11.8 Å². The van der Waals surface area contributed by atoms with Crippen molar-refractivity contribution in [2.75, 3.05) is 17.7 Å². The smallest absolute Gasteiger partial charge is 0.224 e. The fourth-order valence-electron chi connectivity index (χ4n) is 2.40. The summed E-state index contributed by atoms with van der Waals surface area (Å²) in [4.78, 5) is 9.02. The number of rotatable bonds is 3. The molecule has 0 bridgehead atoms. The molecule has 4 heteroatoms. The topological polar surface area (TPSA) is 49.8 Å². The fraction of sp³-hybridized carbons (Fsp3) is 0.429. The number of hydrogen-bond donors (Lipinski definition) is 2. The summed E-state index contributed by atoms with van der Waals surface area (Å²) in [5.41, 5.74) is 1.17. The fourth-order valence-corrected chi connectivity index (χ4v) is 2.40. The van der Waals surface area contributed by atoms with E-state index in [0.29, 0.717) is 5.95 Å². The highest BCUT2D eigenvalue weighted by Crippen LogP contribution is 2.36. The van der Waals surface area contributed by atoms with Gasteiger partial charge >= 0.3 is 0 Å². The van der Waals surface area contributed by atoms with Gasteiger partial charge in [-0.25, -0.2) is 4.98 Å². The Morgan fingerprint density at radius 1 is 1.17 bits per heavy atom. The lowest BCUT2D eigenvalue weighted by atomic mass is 9.78. The van der Waals surface area contributed by atoms with Crippen molar-refractivity contribution in [3.05, 3.63) is 24.3 Å². The van der Waals surface area contributed by atoms with Crippen LogP contribution in [0.1, 0.15) is 26.2 Å². The van der Waals surface area contributed by atoms with Crippen LogP contribution in [0.5, 0.6) is 0 Å². The first-order valence-electron chi connectivity index (χ1n) is 6.43. The van der Waals surface area contributed by atoms with Crippen LogP contribution < -0.4 is 10.6 Å². The number of aromatic nitrogens is 2. The van der Waals surface area contributed by atoms with E-state index in [1.54, 1.807) is 0 Å².